The summed E-state index contributed by atoms with van der Waals surface area (Å²) >= 11 is 0. The first-order valence-electron chi connectivity index (χ1n) is 10.1. The van der Waals surface area contributed by atoms with E-state index in [1.807, 2.05) is 36.5 Å². The molecule has 7 heteroatoms. The molecule has 0 aliphatic carbocycles. The number of hydrogen-bond donors (Lipinski definition) is 2. The van der Waals surface area contributed by atoms with Crippen LogP contribution < -0.4 is 10.6 Å². The molecule has 1 unspecified atom stereocenters. The van der Waals surface area contributed by atoms with Gasteiger partial charge in [-0.2, -0.15) is 0 Å². The van der Waals surface area contributed by atoms with Crippen molar-refractivity contribution >= 4 is 11.9 Å². The first kappa shape index (κ1) is 22.1. The fraction of sp³-hybridized carbons (Fsp3) is 0.250. The van der Waals surface area contributed by atoms with Gasteiger partial charge in [-0.3, -0.25) is 14.8 Å². The summed E-state index contributed by atoms with van der Waals surface area (Å²) in [6, 6.07) is 14.1. The average molecular weight is 418 g/mol. The Morgan fingerprint density at radius 2 is 1.74 bits per heavy atom. The van der Waals surface area contributed by atoms with Crippen LogP contribution in [0, 0.1) is 0 Å². The molecule has 31 heavy (non-hydrogen) atoms. The minimum Gasteiger partial charge on any atom is -0.465 e. The second kappa shape index (κ2) is 11.6. The standard InChI is InChI=1S/C24H26N4O3/c1-31-24(30)21-6-2-5-20(16-21)22(27-14-10-19-4-3-11-26-17-19)23(29)28-15-9-18-7-12-25-13-8-18/h2-8,11-13,16-17,22,27H,9-10,14-15H2,1H3,(H,28,29). The molecule has 1 amide bonds. The molecule has 7 nitrogen and oxygen atoms in total. The fourth-order valence-electron chi connectivity index (χ4n) is 3.21. The molecule has 0 spiro atoms. The van der Waals surface area contributed by atoms with Gasteiger partial charge in [0.15, 0.2) is 0 Å². The van der Waals surface area contributed by atoms with Crippen molar-refractivity contribution in [3.05, 3.63) is 95.6 Å². The molecule has 1 aromatic carbocycles. The molecule has 0 aliphatic rings. The van der Waals surface area contributed by atoms with E-state index in [1.54, 1.807) is 36.8 Å². The van der Waals surface area contributed by atoms with Crippen LogP contribution in [0.2, 0.25) is 0 Å². The first-order valence-corrected chi connectivity index (χ1v) is 10.1. The molecule has 0 bridgehead atoms. The van der Waals surface area contributed by atoms with E-state index in [-0.39, 0.29) is 5.91 Å². The van der Waals surface area contributed by atoms with E-state index in [2.05, 4.69) is 20.6 Å². The number of amides is 1. The SMILES string of the molecule is COC(=O)c1cccc(C(NCCc2cccnc2)C(=O)NCCc2ccncc2)c1. The molecule has 0 saturated carbocycles. The van der Waals surface area contributed by atoms with E-state index >= 15 is 0 Å². The first-order chi connectivity index (χ1) is 15.2. The zero-order chi connectivity index (χ0) is 21.9. The number of methoxy groups -OCH3 is 1. The number of carbonyl (C=O) groups excluding carboxylic acids is 2. The maximum atomic E-state index is 13.0. The molecule has 3 aromatic rings. The van der Waals surface area contributed by atoms with Gasteiger partial charge in [-0.05, 0) is 59.9 Å². The van der Waals surface area contributed by atoms with Crippen molar-refractivity contribution < 1.29 is 14.3 Å². The van der Waals surface area contributed by atoms with Gasteiger partial charge in [-0.15, -0.1) is 0 Å². The van der Waals surface area contributed by atoms with E-state index < -0.39 is 12.0 Å². The highest BCUT2D eigenvalue weighted by Crippen LogP contribution is 2.16. The number of esters is 1. The van der Waals surface area contributed by atoms with Crippen LogP contribution in [0.15, 0.2) is 73.3 Å². The van der Waals surface area contributed by atoms with E-state index in [9.17, 15) is 9.59 Å². The topological polar surface area (TPSA) is 93.2 Å². The third-order valence-electron chi connectivity index (χ3n) is 4.85. The summed E-state index contributed by atoms with van der Waals surface area (Å²) in [5, 5.41) is 6.31. The van der Waals surface area contributed by atoms with E-state index in [4.69, 9.17) is 4.74 Å². The van der Waals surface area contributed by atoms with Gasteiger partial charge in [0.2, 0.25) is 5.91 Å². The van der Waals surface area contributed by atoms with Crippen molar-refractivity contribution in [2.75, 3.05) is 20.2 Å². The van der Waals surface area contributed by atoms with Crippen molar-refractivity contribution in [2.45, 2.75) is 18.9 Å². The van der Waals surface area contributed by atoms with E-state index in [1.165, 1.54) is 7.11 Å². The lowest BCUT2D eigenvalue weighted by molar-refractivity contribution is -0.123. The second-order valence-corrected chi connectivity index (χ2v) is 7.01. The van der Waals surface area contributed by atoms with Crippen LogP contribution >= 0.6 is 0 Å². The van der Waals surface area contributed by atoms with Gasteiger partial charge in [0.1, 0.15) is 6.04 Å². The summed E-state index contributed by atoms with van der Waals surface area (Å²) in [7, 11) is 1.34. The normalized spacial score (nSPS) is 11.5. The van der Waals surface area contributed by atoms with Gasteiger partial charge in [0.25, 0.3) is 0 Å². The molecule has 0 aliphatic heterocycles. The van der Waals surface area contributed by atoms with E-state index in [0.29, 0.717) is 30.6 Å². The molecule has 1 atom stereocenters. The number of hydrogen-bond acceptors (Lipinski definition) is 6. The number of rotatable bonds is 10. The molecule has 0 radical (unpaired) electrons. The Labute approximate surface area is 181 Å². The molecule has 2 heterocycles. The number of pyridine rings is 2. The van der Waals surface area contributed by atoms with Crippen LogP contribution in [0.5, 0.6) is 0 Å². The molecule has 2 aromatic heterocycles. The van der Waals surface area contributed by atoms with Crippen LogP contribution in [0.25, 0.3) is 0 Å². The van der Waals surface area contributed by atoms with Crippen LogP contribution in [0.3, 0.4) is 0 Å². The highest BCUT2D eigenvalue weighted by Gasteiger charge is 2.21. The average Bonchev–Trinajstić information content (AvgIpc) is 2.82. The van der Waals surface area contributed by atoms with Gasteiger partial charge in [0, 0.05) is 37.9 Å². The lowest BCUT2D eigenvalue weighted by Gasteiger charge is -2.19. The summed E-state index contributed by atoms with van der Waals surface area (Å²) in [5.41, 5.74) is 3.29. The quantitative estimate of drug-likeness (QED) is 0.492. The van der Waals surface area contributed by atoms with Crippen LogP contribution in [-0.2, 0) is 22.4 Å². The molecule has 0 saturated heterocycles. The zero-order valence-electron chi connectivity index (χ0n) is 17.5. The predicted molar refractivity (Wildman–Crippen MR) is 117 cm³/mol. The third kappa shape index (κ3) is 6.72. The number of aromatic nitrogens is 2. The Bertz CT molecular complexity index is 980. The Balaban J connectivity index is 1.68. The van der Waals surface area contributed by atoms with Crippen molar-refractivity contribution in [2.24, 2.45) is 0 Å². The smallest absolute Gasteiger partial charge is 0.337 e. The summed E-state index contributed by atoms with van der Waals surface area (Å²) in [6.45, 7) is 1.08. The van der Waals surface area contributed by atoms with Gasteiger partial charge >= 0.3 is 5.97 Å². The van der Waals surface area contributed by atoms with Crippen molar-refractivity contribution in [1.29, 1.82) is 0 Å². The van der Waals surface area contributed by atoms with Crippen LogP contribution in [0.4, 0.5) is 0 Å². The Morgan fingerprint density at radius 1 is 0.935 bits per heavy atom. The number of ether oxygens (including phenoxy) is 1. The minimum absolute atomic E-state index is 0.151. The minimum atomic E-state index is -0.598. The van der Waals surface area contributed by atoms with Gasteiger partial charge in [0.05, 0.1) is 12.7 Å². The van der Waals surface area contributed by atoms with E-state index in [0.717, 1.165) is 17.5 Å². The molecule has 0 fully saturated rings. The Hall–Kier alpha value is -3.58. The highest BCUT2D eigenvalue weighted by atomic mass is 16.5. The second-order valence-electron chi connectivity index (χ2n) is 7.01. The summed E-state index contributed by atoms with van der Waals surface area (Å²) in [6.07, 6.45) is 8.44. The number of nitrogens with zero attached hydrogens (tertiary/aromatic N) is 2. The number of nitrogens with one attached hydrogen (secondary N) is 2. The number of benzene rings is 1. The van der Waals surface area contributed by atoms with Crippen molar-refractivity contribution in [1.82, 2.24) is 20.6 Å². The van der Waals surface area contributed by atoms with Crippen molar-refractivity contribution in [3.63, 3.8) is 0 Å². The molecule has 2 N–H and O–H groups in total. The number of carbonyl (C=O) groups is 2. The molecular formula is C24H26N4O3. The van der Waals surface area contributed by atoms with Crippen molar-refractivity contribution in [3.8, 4) is 0 Å². The molecule has 160 valence electrons. The zero-order valence-corrected chi connectivity index (χ0v) is 17.5. The van der Waals surface area contributed by atoms with Crippen LogP contribution in [0.1, 0.15) is 33.1 Å². The summed E-state index contributed by atoms with van der Waals surface area (Å²) < 4.78 is 4.81. The highest BCUT2D eigenvalue weighted by molar-refractivity contribution is 5.90. The maximum absolute atomic E-state index is 13.0. The predicted octanol–water partition coefficient (Wildman–Crippen LogP) is 2.50. The molecule has 3 rings (SSSR count). The lowest BCUT2D eigenvalue weighted by Crippen LogP contribution is -2.39. The van der Waals surface area contributed by atoms with Crippen LogP contribution in [-0.4, -0.2) is 42.0 Å². The largest absolute Gasteiger partial charge is 0.465 e. The Morgan fingerprint density at radius 3 is 2.48 bits per heavy atom. The molecular weight excluding hydrogens is 392 g/mol. The Kier molecular flexibility index (Phi) is 8.25. The fourth-order valence-corrected chi connectivity index (χ4v) is 3.21. The maximum Gasteiger partial charge on any atom is 0.337 e. The van der Waals surface area contributed by atoms with Gasteiger partial charge in [-0.25, -0.2) is 4.79 Å². The monoisotopic (exact) mass is 418 g/mol. The van der Waals surface area contributed by atoms with Gasteiger partial charge < -0.3 is 15.4 Å². The lowest BCUT2D eigenvalue weighted by atomic mass is 10.0. The summed E-state index contributed by atoms with van der Waals surface area (Å²) in [5.74, 6) is -0.587. The van der Waals surface area contributed by atoms with Gasteiger partial charge in [-0.1, -0.05) is 18.2 Å². The summed E-state index contributed by atoms with van der Waals surface area (Å²) in [4.78, 5) is 33.1. The third-order valence-corrected chi connectivity index (χ3v) is 4.85.